The molecule has 0 unspecified atom stereocenters. The van der Waals surface area contributed by atoms with Crippen molar-refractivity contribution in [3.05, 3.63) is 193 Å². The molecule has 12 aromatic rings. The van der Waals surface area contributed by atoms with Gasteiger partial charge < -0.3 is 50.8 Å². The summed E-state index contributed by atoms with van der Waals surface area (Å²) in [4.78, 5) is 75.1. The van der Waals surface area contributed by atoms with Crippen LogP contribution in [0.5, 0.6) is 0 Å². The minimum Gasteiger partial charge on any atom is -0.371 e. The van der Waals surface area contributed by atoms with Gasteiger partial charge in [0.15, 0.2) is 5.65 Å². The van der Waals surface area contributed by atoms with Crippen molar-refractivity contribution < 1.29 is 0 Å². The molecule has 540 valence electrons. The van der Waals surface area contributed by atoms with E-state index in [2.05, 4.69) is 189 Å². The zero-order valence-electron chi connectivity index (χ0n) is 60.4. The third-order valence-corrected chi connectivity index (χ3v) is 21.6. The molecule has 26 heteroatoms. The van der Waals surface area contributed by atoms with Gasteiger partial charge in [-0.1, -0.05) is 30.9 Å². The van der Waals surface area contributed by atoms with E-state index in [9.17, 15) is 4.79 Å². The Kier molecular flexibility index (Phi) is 20.2. The number of pyridine rings is 4. The third kappa shape index (κ3) is 15.2. The number of nitrogens with zero attached hydrogens (tertiary/aromatic N) is 19. The highest BCUT2D eigenvalue weighted by Gasteiger charge is 2.29. The second kappa shape index (κ2) is 31.1. The van der Waals surface area contributed by atoms with Crippen LogP contribution in [0.2, 0.25) is 0 Å². The summed E-state index contributed by atoms with van der Waals surface area (Å²) in [5.41, 5.74) is 13.8. The van der Waals surface area contributed by atoms with Gasteiger partial charge in [-0.05, 0) is 200 Å². The van der Waals surface area contributed by atoms with Crippen LogP contribution in [-0.2, 0) is 0 Å². The third-order valence-electron chi connectivity index (χ3n) is 21.6. The molecule has 0 radical (unpaired) electrons. The van der Waals surface area contributed by atoms with Crippen molar-refractivity contribution in [2.24, 2.45) is 4.99 Å². The van der Waals surface area contributed by atoms with E-state index in [4.69, 9.17) is 15.0 Å². The number of piperidine rings is 4. The highest BCUT2D eigenvalue weighted by molar-refractivity contribution is 6.08. The van der Waals surface area contributed by atoms with Crippen molar-refractivity contribution in [2.75, 3.05) is 130 Å². The van der Waals surface area contributed by atoms with E-state index >= 15 is 0 Å². The van der Waals surface area contributed by atoms with Crippen LogP contribution in [0.3, 0.4) is 0 Å². The minimum atomic E-state index is -0.160. The standard InChI is InChI=1S/C21H22N6.C20H21N7O.C20H23N5.C19H23N7/c1-26(17-6-9-22-10-7-17)18-3-5-20-15(12-18)2-4-19(25-20)16-8-11-27-21(13-16)23-14-24-27;1-27(14-4-6-21-7-5-14)18-9-15-17(11-22-18)24-19(25-20(15)28)12-2-3-13-10-23-26-16(13)8-12;1-15-7-11-25(12-8-15)20-22-14-16-13-18(3-4-19(16)23-20)24(2)17-5-9-21-10-6-17;1-25(15-3-5-20-6-4-15)18-8-14-9-23-19(24-16(14)10-22-18)26-11-13-2-7-21-17(13)12-26/h2-5,8,11-14,17,22H,6-7,9-10H2,1H3;2-3,8-11,14,21H,4-7H2,1H3,(H,23,26)(H,24,25,28);3-4,7-8,11-14,17,21H,1,5-6,9-10H2,2H3;2,8-10,15,20H,3-7,11-12H2,1H3. The van der Waals surface area contributed by atoms with Crippen molar-refractivity contribution in [2.45, 2.75) is 75.5 Å². The van der Waals surface area contributed by atoms with E-state index in [-0.39, 0.29) is 5.56 Å². The molecular weight excluding hydrogens is 1330 g/mol. The molecule has 7 aliphatic heterocycles. The Morgan fingerprint density at radius 1 is 0.509 bits per heavy atom. The smallest absolute Gasteiger partial charge is 0.259 e. The first kappa shape index (κ1) is 68.9. The molecule has 0 aliphatic carbocycles. The number of anilines is 6. The van der Waals surface area contributed by atoms with Crippen LogP contribution in [0, 0.1) is 0 Å². The number of hydrogen-bond donors (Lipinski definition) is 6. The van der Waals surface area contributed by atoms with E-state index in [1.54, 1.807) is 23.2 Å². The number of aromatic nitrogens is 14. The van der Waals surface area contributed by atoms with Crippen molar-refractivity contribution in [1.29, 1.82) is 0 Å². The first-order valence-corrected chi connectivity index (χ1v) is 36.9. The molecule has 9 aromatic heterocycles. The largest absolute Gasteiger partial charge is 0.371 e. The fourth-order valence-corrected chi connectivity index (χ4v) is 15.1. The van der Waals surface area contributed by atoms with Crippen LogP contribution in [0.4, 0.5) is 34.9 Å². The molecule has 7 aliphatic rings. The Morgan fingerprint density at radius 2 is 1.10 bits per heavy atom. The lowest BCUT2D eigenvalue weighted by atomic mass is 10.0. The van der Waals surface area contributed by atoms with Gasteiger partial charge in [0.25, 0.3) is 5.56 Å². The predicted octanol–water partition coefficient (Wildman–Crippen LogP) is 9.82. The maximum absolute atomic E-state index is 12.8. The lowest BCUT2D eigenvalue weighted by Gasteiger charge is -2.33. The highest BCUT2D eigenvalue weighted by Crippen LogP contribution is 2.32. The van der Waals surface area contributed by atoms with Crippen molar-refractivity contribution in [3.8, 4) is 22.6 Å². The summed E-state index contributed by atoms with van der Waals surface area (Å²) in [6, 6.07) is 33.2. The van der Waals surface area contributed by atoms with Crippen LogP contribution in [0.15, 0.2) is 193 Å². The molecule has 3 aromatic carbocycles. The van der Waals surface area contributed by atoms with Gasteiger partial charge in [0.1, 0.15) is 23.8 Å². The molecule has 0 atom stereocenters. The number of H-pyrrole nitrogens is 2. The number of nitrogens with one attached hydrogen (secondary N) is 6. The molecule has 0 bridgehead atoms. The maximum atomic E-state index is 12.8. The van der Waals surface area contributed by atoms with E-state index in [0.29, 0.717) is 46.8 Å². The van der Waals surface area contributed by atoms with Gasteiger partial charge in [-0.15, -0.1) is 0 Å². The Labute approximate surface area is 614 Å². The summed E-state index contributed by atoms with van der Waals surface area (Å²) in [7, 11) is 8.56. The summed E-state index contributed by atoms with van der Waals surface area (Å²) in [5.74, 6) is 3.76. The van der Waals surface area contributed by atoms with Gasteiger partial charge in [-0.2, -0.15) is 10.2 Å². The monoisotopic (exact) mass is 1420 g/mol. The average Bonchev–Trinajstić information content (AvgIpc) is 1.58. The molecule has 16 heterocycles. The zero-order chi connectivity index (χ0) is 72.0. The van der Waals surface area contributed by atoms with Crippen LogP contribution in [0.25, 0.3) is 82.8 Å². The summed E-state index contributed by atoms with van der Waals surface area (Å²) in [6.07, 6.45) is 31.8. The van der Waals surface area contributed by atoms with Crippen LogP contribution >= 0.6 is 0 Å². The first-order chi connectivity index (χ1) is 51.9. The Morgan fingerprint density at radius 3 is 1.77 bits per heavy atom. The summed E-state index contributed by atoms with van der Waals surface area (Å²) in [6.45, 7) is 15.0. The lowest BCUT2D eigenvalue weighted by Crippen LogP contribution is -2.41. The van der Waals surface area contributed by atoms with Crippen LogP contribution in [-0.4, -0.2) is 200 Å². The molecule has 0 spiro atoms. The summed E-state index contributed by atoms with van der Waals surface area (Å²) < 4.78 is 1.76. The minimum absolute atomic E-state index is 0.160. The van der Waals surface area contributed by atoms with Gasteiger partial charge in [-0.25, -0.2) is 49.4 Å². The topological polar surface area (TPSA) is 275 Å². The molecule has 106 heavy (non-hydrogen) atoms. The SMILES string of the molecule is C=C1C=CN(c2ncc3cc(N(C)C4CCNCC4)ccc3n2)C=C1.CN(c1cc2c(=O)[nH]c(-c3ccc4cn[nH]c4c3)nc2cn1)C1CCNCC1.CN(c1cc2cnc(N3CC4=CCN=C4C3)nc2cn1)C1CCNCC1.CN(c1ccc2nc(-c3ccn4ncnc4c3)ccc2c1)C1CCNCC1. The first-order valence-electron chi connectivity index (χ1n) is 36.9. The summed E-state index contributed by atoms with van der Waals surface area (Å²) in [5, 5.41) is 29.6. The van der Waals surface area contributed by atoms with Gasteiger partial charge >= 0.3 is 0 Å². The number of allylic oxidation sites excluding steroid dienone is 3. The second-order valence-corrected chi connectivity index (χ2v) is 28.2. The van der Waals surface area contributed by atoms with E-state index in [0.717, 1.165) is 182 Å². The molecule has 0 saturated carbocycles. The fourth-order valence-electron chi connectivity index (χ4n) is 15.1. The van der Waals surface area contributed by atoms with E-state index in [1.807, 2.05) is 97.7 Å². The van der Waals surface area contributed by atoms with Crippen molar-refractivity contribution in [1.82, 2.24) is 90.9 Å². The number of benzene rings is 3. The number of fused-ring (bicyclic) bond motifs is 7. The quantitative estimate of drug-likeness (QED) is 0.0664. The molecule has 19 rings (SSSR count). The fraction of sp³-hybridized carbons (Fsp3) is 0.338. The van der Waals surface area contributed by atoms with Gasteiger partial charge in [0, 0.05) is 134 Å². The van der Waals surface area contributed by atoms with Gasteiger partial charge in [-0.3, -0.25) is 19.8 Å². The Hall–Kier alpha value is -11.5. The predicted molar refractivity (Wildman–Crippen MR) is 426 cm³/mol. The number of aliphatic imine (C=N–C) groups is 1. The van der Waals surface area contributed by atoms with Gasteiger partial charge in [0.2, 0.25) is 11.9 Å². The Bertz CT molecular complexity index is 5330. The maximum Gasteiger partial charge on any atom is 0.259 e. The zero-order valence-corrected chi connectivity index (χ0v) is 60.4. The van der Waals surface area contributed by atoms with Crippen LogP contribution < -0.4 is 56.2 Å². The average molecular weight is 1420 g/mol. The molecule has 5 saturated heterocycles. The lowest BCUT2D eigenvalue weighted by molar-refractivity contribution is 0.442. The molecule has 0 amide bonds. The summed E-state index contributed by atoms with van der Waals surface area (Å²) >= 11 is 0. The normalized spacial score (nSPS) is 17.2. The van der Waals surface area contributed by atoms with Crippen LogP contribution in [0.1, 0.15) is 51.4 Å². The molecule has 5 fully saturated rings. The highest BCUT2D eigenvalue weighted by atomic mass is 16.1. The molecule has 6 N–H and O–H groups in total. The van der Waals surface area contributed by atoms with E-state index < -0.39 is 0 Å². The number of hydrogen-bond acceptors (Lipinski definition) is 23. The van der Waals surface area contributed by atoms with Crippen molar-refractivity contribution in [3.63, 3.8) is 0 Å². The second-order valence-electron chi connectivity index (χ2n) is 28.2. The van der Waals surface area contributed by atoms with E-state index in [1.165, 1.54) is 53.7 Å². The van der Waals surface area contributed by atoms with Gasteiger partial charge in [0.05, 0.1) is 76.1 Å². The number of aromatic amines is 2. The number of rotatable bonds is 12. The van der Waals surface area contributed by atoms with Crippen molar-refractivity contribution >= 4 is 101 Å². The molecular formula is C80H89N25O. The Balaban J connectivity index is 0.000000108. The molecule has 26 nitrogen and oxygen atoms in total.